The van der Waals surface area contributed by atoms with Crippen molar-refractivity contribution in [3.8, 4) is 28.7 Å². The van der Waals surface area contributed by atoms with Crippen molar-refractivity contribution >= 4 is 5.97 Å². The Kier molecular flexibility index (Phi) is 4.43. The van der Waals surface area contributed by atoms with Gasteiger partial charge >= 0.3 is 5.97 Å². The zero-order chi connectivity index (χ0) is 17.8. The Labute approximate surface area is 150 Å². The van der Waals surface area contributed by atoms with Gasteiger partial charge in [-0.2, -0.15) is 0 Å². The molecule has 4 rings (SSSR count). The summed E-state index contributed by atoms with van der Waals surface area (Å²) in [5.41, 5.74) is 0. The number of hydrogen-bond acceptors (Lipinski definition) is 5. The molecule has 0 saturated heterocycles. The molecule has 130 valence electrons. The van der Waals surface area contributed by atoms with Crippen molar-refractivity contribution in [1.82, 2.24) is 0 Å². The van der Waals surface area contributed by atoms with E-state index in [1.54, 1.807) is 36.4 Å². The van der Waals surface area contributed by atoms with E-state index in [1.807, 2.05) is 42.5 Å². The molecule has 0 unspecified atom stereocenters. The highest BCUT2D eigenvalue weighted by atomic mass is 16.6. The minimum atomic E-state index is -0.801. The van der Waals surface area contributed by atoms with E-state index in [9.17, 15) is 4.79 Å². The maximum Gasteiger partial charge on any atom is 0.356 e. The number of rotatable bonds is 4. The molecule has 0 amide bonds. The SMILES string of the molecule is O=C(Oc1ccc(Oc2ccccc2)cc1)[C@@H]1COc2ccccc2O1. The second kappa shape index (κ2) is 7.19. The second-order valence-corrected chi connectivity index (χ2v) is 5.67. The van der Waals surface area contributed by atoms with E-state index in [1.165, 1.54) is 0 Å². The lowest BCUT2D eigenvalue weighted by Gasteiger charge is -2.24. The highest BCUT2D eigenvalue weighted by molar-refractivity contribution is 5.78. The van der Waals surface area contributed by atoms with Crippen molar-refractivity contribution in [3.05, 3.63) is 78.9 Å². The number of para-hydroxylation sites is 3. The molecule has 1 aliphatic rings. The van der Waals surface area contributed by atoms with Gasteiger partial charge in [-0.05, 0) is 48.5 Å². The van der Waals surface area contributed by atoms with E-state index in [2.05, 4.69) is 0 Å². The Morgan fingerprint density at radius 2 is 1.38 bits per heavy atom. The highest BCUT2D eigenvalue weighted by Crippen LogP contribution is 2.31. The first-order chi connectivity index (χ1) is 12.8. The summed E-state index contributed by atoms with van der Waals surface area (Å²) in [6.07, 6.45) is -0.801. The minimum absolute atomic E-state index is 0.116. The van der Waals surface area contributed by atoms with Crippen LogP contribution in [-0.2, 0) is 4.79 Å². The number of carbonyl (C=O) groups excluding carboxylic acids is 1. The first kappa shape index (κ1) is 16.0. The van der Waals surface area contributed by atoms with Crippen molar-refractivity contribution in [2.75, 3.05) is 6.61 Å². The molecule has 0 spiro atoms. The quantitative estimate of drug-likeness (QED) is 0.522. The largest absolute Gasteiger partial charge is 0.485 e. The van der Waals surface area contributed by atoms with Crippen LogP contribution in [0.3, 0.4) is 0 Å². The summed E-state index contributed by atoms with van der Waals surface area (Å²) in [5, 5.41) is 0. The van der Waals surface area contributed by atoms with Gasteiger partial charge in [-0.1, -0.05) is 30.3 Å². The molecule has 5 heteroatoms. The van der Waals surface area contributed by atoms with Crippen LogP contribution in [0, 0.1) is 0 Å². The first-order valence-corrected chi connectivity index (χ1v) is 8.21. The monoisotopic (exact) mass is 348 g/mol. The van der Waals surface area contributed by atoms with Crippen LogP contribution in [0.2, 0.25) is 0 Å². The van der Waals surface area contributed by atoms with Crippen LogP contribution in [-0.4, -0.2) is 18.7 Å². The van der Waals surface area contributed by atoms with Crippen LogP contribution < -0.4 is 18.9 Å². The highest BCUT2D eigenvalue weighted by Gasteiger charge is 2.29. The summed E-state index contributed by atoms with van der Waals surface area (Å²) in [4.78, 5) is 12.3. The number of ether oxygens (including phenoxy) is 4. The van der Waals surface area contributed by atoms with Crippen molar-refractivity contribution in [2.45, 2.75) is 6.10 Å². The van der Waals surface area contributed by atoms with Crippen molar-refractivity contribution < 1.29 is 23.7 Å². The summed E-state index contributed by atoms with van der Waals surface area (Å²) in [5.74, 6) is 2.46. The van der Waals surface area contributed by atoms with Crippen LogP contribution in [0.25, 0.3) is 0 Å². The van der Waals surface area contributed by atoms with Gasteiger partial charge in [0, 0.05) is 0 Å². The Morgan fingerprint density at radius 3 is 2.15 bits per heavy atom. The average molecular weight is 348 g/mol. The lowest BCUT2D eigenvalue weighted by molar-refractivity contribution is -0.144. The number of esters is 1. The molecule has 1 aliphatic heterocycles. The van der Waals surface area contributed by atoms with Gasteiger partial charge in [-0.15, -0.1) is 0 Å². The molecule has 0 aliphatic carbocycles. The number of hydrogen-bond donors (Lipinski definition) is 0. The third-order valence-corrected chi connectivity index (χ3v) is 3.79. The first-order valence-electron chi connectivity index (χ1n) is 8.21. The van der Waals surface area contributed by atoms with Gasteiger partial charge in [-0.25, -0.2) is 4.79 Å². The standard InChI is InChI=1S/C21H16O5/c22-21(20-14-23-18-8-4-5-9-19(18)26-20)25-17-12-10-16(11-13-17)24-15-6-2-1-3-7-15/h1-13,20H,14H2/t20-/m0/s1. The van der Waals surface area contributed by atoms with Crippen LogP contribution in [0.15, 0.2) is 78.9 Å². The predicted molar refractivity (Wildman–Crippen MR) is 94.9 cm³/mol. The molecule has 0 N–H and O–H groups in total. The van der Waals surface area contributed by atoms with E-state index in [0.717, 1.165) is 5.75 Å². The third-order valence-electron chi connectivity index (χ3n) is 3.79. The van der Waals surface area contributed by atoms with Crippen LogP contribution in [0.5, 0.6) is 28.7 Å². The molecule has 0 aromatic heterocycles. The summed E-state index contributed by atoms with van der Waals surface area (Å²) in [7, 11) is 0. The molecular weight excluding hydrogens is 332 g/mol. The molecule has 0 saturated carbocycles. The third kappa shape index (κ3) is 3.62. The Balaban J connectivity index is 1.37. The maximum absolute atomic E-state index is 12.3. The van der Waals surface area contributed by atoms with Gasteiger partial charge in [0.2, 0.25) is 6.10 Å². The van der Waals surface area contributed by atoms with E-state index in [0.29, 0.717) is 23.0 Å². The van der Waals surface area contributed by atoms with Gasteiger partial charge in [-0.3, -0.25) is 0 Å². The molecule has 0 fully saturated rings. The molecule has 26 heavy (non-hydrogen) atoms. The smallest absolute Gasteiger partial charge is 0.356 e. The zero-order valence-electron chi connectivity index (χ0n) is 13.8. The van der Waals surface area contributed by atoms with Crippen molar-refractivity contribution in [3.63, 3.8) is 0 Å². The zero-order valence-corrected chi connectivity index (χ0v) is 13.8. The Hall–Kier alpha value is -3.47. The molecule has 0 bridgehead atoms. The lowest BCUT2D eigenvalue weighted by Crippen LogP contribution is -2.39. The van der Waals surface area contributed by atoms with Crippen LogP contribution in [0.4, 0.5) is 0 Å². The van der Waals surface area contributed by atoms with E-state index in [4.69, 9.17) is 18.9 Å². The number of benzene rings is 3. The fraction of sp³-hybridized carbons (Fsp3) is 0.0952. The molecule has 1 heterocycles. The average Bonchev–Trinajstić information content (AvgIpc) is 2.70. The predicted octanol–water partition coefficient (Wildman–Crippen LogP) is 4.22. The maximum atomic E-state index is 12.3. The molecule has 3 aromatic carbocycles. The Bertz CT molecular complexity index is 890. The fourth-order valence-electron chi connectivity index (χ4n) is 2.52. The molecule has 0 radical (unpaired) electrons. The van der Waals surface area contributed by atoms with Gasteiger partial charge < -0.3 is 18.9 Å². The van der Waals surface area contributed by atoms with E-state index >= 15 is 0 Å². The van der Waals surface area contributed by atoms with Crippen LogP contribution >= 0.6 is 0 Å². The van der Waals surface area contributed by atoms with Gasteiger partial charge in [0.1, 0.15) is 23.9 Å². The summed E-state index contributed by atoms with van der Waals surface area (Å²) in [6.45, 7) is 0.116. The molecular formula is C21H16O5. The fourth-order valence-corrected chi connectivity index (χ4v) is 2.52. The second-order valence-electron chi connectivity index (χ2n) is 5.67. The summed E-state index contributed by atoms with van der Waals surface area (Å²) >= 11 is 0. The van der Waals surface area contributed by atoms with Crippen LogP contribution in [0.1, 0.15) is 0 Å². The Morgan fingerprint density at radius 1 is 0.769 bits per heavy atom. The van der Waals surface area contributed by atoms with E-state index in [-0.39, 0.29) is 6.61 Å². The number of fused-ring (bicyclic) bond motifs is 1. The van der Waals surface area contributed by atoms with Gasteiger partial charge in [0.05, 0.1) is 0 Å². The summed E-state index contributed by atoms with van der Waals surface area (Å²) in [6, 6.07) is 23.5. The molecule has 1 atom stereocenters. The minimum Gasteiger partial charge on any atom is -0.485 e. The summed E-state index contributed by atoms with van der Waals surface area (Å²) < 4.78 is 22.3. The number of carbonyl (C=O) groups is 1. The molecule has 3 aromatic rings. The van der Waals surface area contributed by atoms with Gasteiger partial charge in [0.15, 0.2) is 11.5 Å². The van der Waals surface area contributed by atoms with Crippen molar-refractivity contribution in [1.29, 1.82) is 0 Å². The normalized spacial score (nSPS) is 15.2. The lowest BCUT2D eigenvalue weighted by atomic mass is 10.2. The van der Waals surface area contributed by atoms with E-state index < -0.39 is 12.1 Å². The molecule has 5 nitrogen and oxygen atoms in total. The van der Waals surface area contributed by atoms with Crippen molar-refractivity contribution in [2.24, 2.45) is 0 Å². The van der Waals surface area contributed by atoms with Gasteiger partial charge in [0.25, 0.3) is 0 Å². The topological polar surface area (TPSA) is 54.0 Å².